The number of aliphatic carboxylic acids is 1. The second-order valence-corrected chi connectivity index (χ2v) is 11.9. The van der Waals surface area contributed by atoms with Crippen molar-refractivity contribution in [3.05, 3.63) is 85.7 Å². The van der Waals surface area contributed by atoms with E-state index in [2.05, 4.69) is 27.2 Å². The summed E-state index contributed by atoms with van der Waals surface area (Å²) >= 11 is 0. The largest absolute Gasteiger partial charge is 0.481 e. The second-order valence-electron chi connectivity index (χ2n) is 11.9. The van der Waals surface area contributed by atoms with Crippen molar-refractivity contribution in [2.45, 2.75) is 65.3 Å². The van der Waals surface area contributed by atoms with E-state index in [1.807, 2.05) is 6.92 Å². The summed E-state index contributed by atoms with van der Waals surface area (Å²) in [7, 11) is 1.22. The normalized spacial score (nSPS) is 21.7. The van der Waals surface area contributed by atoms with Crippen molar-refractivity contribution in [3.8, 4) is 0 Å². The number of carbonyl (C=O) groups is 5. The van der Waals surface area contributed by atoms with Crippen LogP contribution in [0.5, 0.6) is 0 Å². The number of hydrogen-bond donors (Lipinski definition) is 6. The van der Waals surface area contributed by atoms with Gasteiger partial charge in [-0.1, -0.05) is 12.7 Å². The number of carbonyl (C=O) groups excluding carboxylic acids is 4. The minimum atomic E-state index is -1.22. The van der Waals surface area contributed by atoms with Gasteiger partial charge in [0.25, 0.3) is 5.91 Å². The van der Waals surface area contributed by atoms with Crippen molar-refractivity contribution in [1.29, 1.82) is 0 Å². The Bertz CT molecular complexity index is 1800. The average Bonchev–Trinajstić information content (AvgIpc) is 3.74. The van der Waals surface area contributed by atoms with Crippen molar-refractivity contribution in [2.75, 3.05) is 13.7 Å². The maximum absolute atomic E-state index is 14.0. The Balaban J connectivity index is 1.65. The number of fused-ring (bicyclic) bond motifs is 1. The van der Waals surface area contributed by atoms with Gasteiger partial charge in [-0.15, -0.1) is 0 Å². The Kier molecular flexibility index (Phi) is 8.76. The van der Waals surface area contributed by atoms with Crippen LogP contribution in [0.3, 0.4) is 0 Å². The Morgan fingerprint density at radius 3 is 2.30 bits per heavy atom. The van der Waals surface area contributed by atoms with Gasteiger partial charge in [-0.2, -0.15) is 0 Å². The molecule has 242 valence electrons. The highest BCUT2D eigenvalue weighted by molar-refractivity contribution is 6.14. The van der Waals surface area contributed by atoms with Gasteiger partial charge in [0.2, 0.25) is 5.91 Å². The third kappa shape index (κ3) is 5.32. The Morgan fingerprint density at radius 1 is 0.978 bits per heavy atom. The lowest BCUT2D eigenvalue weighted by Gasteiger charge is -2.20. The molecular formula is C34H38N4O8. The molecule has 2 aliphatic heterocycles. The lowest BCUT2D eigenvalue weighted by atomic mass is 9.87. The molecule has 0 saturated heterocycles. The van der Waals surface area contributed by atoms with Crippen molar-refractivity contribution in [3.63, 3.8) is 0 Å². The van der Waals surface area contributed by atoms with E-state index in [4.69, 9.17) is 4.74 Å². The lowest BCUT2D eigenvalue weighted by molar-refractivity contribution is -0.144. The molecule has 1 unspecified atom stereocenters. The van der Waals surface area contributed by atoms with E-state index < -0.39 is 29.6 Å². The maximum atomic E-state index is 14.0. The zero-order valence-corrected chi connectivity index (χ0v) is 26.5. The number of Topliss-reactive ketones (excluding diaryl/α,β-unsaturated/α-hetero) is 1. The van der Waals surface area contributed by atoms with Crippen LogP contribution in [0, 0.1) is 19.8 Å². The van der Waals surface area contributed by atoms with E-state index in [-0.39, 0.29) is 37.3 Å². The van der Waals surface area contributed by atoms with Crippen LogP contribution >= 0.6 is 0 Å². The Hall–Kier alpha value is -4.97. The van der Waals surface area contributed by atoms with Gasteiger partial charge in [0, 0.05) is 64.6 Å². The zero-order valence-electron chi connectivity index (χ0n) is 26.5. The highest BCUT2D eigenvalue weighted by Gasteiger charge is 2.50. The summed E-state index contributed by atoms with van der Waals surface area (Å²) in [6.45, 7) is 10.7. The number of aromatic amines is 2. The molecule has 1 aliphatic carbocycles. The van der Waals surface area contributed by atoms with Gasteiger partial charge in [-0.25, -0.2) is 0 Å². The minimum Gasteiger partial charge on any atom is -0.481 e. The van der Waals surface area contributed by atoms with Crippen LogP contribution in [0.15, 0.2) is 40.6 Å². The van der Waals surface area contributed by atoms with Crippen LogP contribution in [-0.2, 0) is 36.8 Å². The van der Waals surface area contributed by atoms with Gasteiger partial charge in [-0.05, 0) is 74.4 Å². The summed E-state index contributed by atoms with van der Waals surface area (Å²) in [6.07, 6.45) is 3.84. The smallest absolute Gasteiger partial charge is 0.317 e. The number of carboxylic acid groups (broad SMARTS) is 1. The van der Waals surface area contributed by atoms with E-state index in [0.717, 1.165) is 5.57 Å². The van der Waals surface area contributed by atoms with Gasteiger partial charge in [0.1, 0.15) is 5.92 Å². The number of hydrogen-bond acceptors (Lipinski definition) is 7. The number of carboxylic acids is 1. The molecule has 0 saturated carbocycles. The van der Waals surface area contributed by atoms with Gasteiger partial charge in [-0.3, -0.25) is 24.0 Å². The van der Waals surface area contributed by atoms with Crippen LogP contribution < -0.4 is 10.6 Å². The van der Waals surface area contributed by atoms with Gasteiger partial charge >= 0.3 is 11.9 Å². The number of aliphatic hydroxyl groups excluding tert-OH is 1. The number of nitrogens with one attached hydrogen (secondary N) is 4. The molecule has 0 aromatic carbocycles. The second kappa shape index (κ2) is 12.4. The summed E-state index contributed by atoms with van der Waals surface area (Å²) in [5.74, 6) is -4.70. The molecule has 12 nitrogen and oxygen atoms in total. The van der Waals surface area contributed by atoms with Crippen LogP contribution in [0.1, 0.15) is 82.4 Å². The number of aliphatic hydroxyl groups is 1. The standard InChI is InChI=1S/C34H38N4O8/c1-7-18-14(2)22(37-33(18)44)12-21-15(3)20(8-9-25(40)41)29(35-21)27-28(34(45)46-6)31(42)26-17(5)23(36-30(26)27)13-24-19(10-11-39)16(4)32(43)38-24/h7,12,24,27-28,35-36,39H,1,8-11,13H2,2-6H3,(H,37,44)(H,38,43)(H,40,41)/b22-12-/t24?,27-,28+/m1/s1. The molecule has 0 spiro atoms. The third-order valence-corrected chi connectivity index (χ3v) is 9.49. The van der Waals surface area contributed by atoms with Gasteiger partial charge in [0.05, 0.1) is 19.1 Å². The number of methoxy groups -OCH3 is 1. The van der Waals surface area contributed by atoms with Crippen molar-refractivity contribution in [2.24, 2.45) is 5.92 Å². The molecule has 3 aliphatic rings. The summed E-state index contributed by atoms with van der Waals surface area (Å²) in [6, 6.07) is -0.377. The third-order valence-electron chi connectivity index (χ3n) is 9.49. The van der Waals surface area contributed by atoms with E-state index in [0.29, 0.717) is 80.3 Å². The van der Waals surface area contributed by atoms with Crippen molar-refractivity contribution < 1.29 is 38.9 Å². The SMILES string of the molecule is C=CC1=C(C)/C(=C/c2[nH]c([C@@H]3c4[nH]c(CC5NC(=O)C(C)=C5CCO)c(C)c4C(=O)[C@H]3C(=O)OC)c(CCC(=O)O)c2C)NC1=O. The maximum Gasteiger partial charge on any atom is 0.317 e. The highest BCUT2D eigenvalue weighted by atomic mass is 16.5. The van der Waals surface area contributed by atoms with Crippen molar-refractivity contribution >= 4 is 35.6 Å². The molecule has 3 atom stereocenters. The number of amides is 2. The van der Waals surface area contributed by atoms with Crippen LogP contribution in [0.25, 0.3) is 6.08 Å². The molecule has 0 fully saturated rings. The van der Waals surface area contributed by atoms with Crippen LogP contribution in [0.4, 0.5) is 0 Å². The van der Waals surface area contributed by atoms with Gasteiger partial charge in [0.15, 0.2) is 5.78 Å². The van der Waals surface area contributed by atoms with Crippen LogP contribution in [-0.4, -0.2) is 69.5 Å². The fourth-order valence-electron chi connectivity index (χ4n) is 6.98. The molecule has 0 bridgehead atoms. The highest BCUT2D eigenvalue weighted by Crippen LogP contribution is 2.47. The van der Waals surface area contributed by atoms with Gasteiger partial charge < -0.3 is 35.6 Å². The number of allylic oxidation sites excluding steroid dienone is 1. The summed E-state index contributed by atoms with van der Waals surface area (Å²) in [5.41, 5.74) is 7.70. The molecule has 12 heteroatoms. The number of ketones is 1. The van der Waals surface area contributed by atoms with E-state index in [1.165, 1.54) is 13.2 Å². The Labute approximate surface area is 265 Å². The molecule has 46 heavy (non-hydrogen) atoms. The summed E-state index contributed by atoms with van der Waals surface area (Å²) in [4.78, 5) is 70.6. The quantitative estimate of drug-likeness (QED) is 0.161. The number of ether oxygens (including phenoxy) is 1. The molecule has 2 aromatic heterocycles. The summed E-state index contributed by atoms with van der Waals surface area (Å²) in [5, 5.41) is 24.9. The predicted molar refractivity (Wildman–Crippen MR) is 168 cm³/mol. The first-order valence-electron chi connectivity index (χ1n) is 15.1. The molecule has 5 rings (SSSR count). The molecule has 6 N–H and O–H groups in total. The Morgan fingerprint density at radius 2 is 1.70 bits per heavy atom. The molecular weight excluding hydrogens is 592 g/mol. The first-order chi connectivity index (χ1) is 21.8. The molecule has 4 heterocycles. The van der Waals surface area contributed by atoms with Crippen molar-refractivity contribution in [1.82, 2.24) is 20.6 Å². The topological polar surface area (TPSA) is 191 Å². The first kappa shape index (κ1) is 32.4. The molecule has 2 amide bonds. The van der Waals surface area contributed by atoms with Crippen LogP contribution in [0.2, 0.25) is 0 Å². The average molecular weight is 631 g/mol. The van der Waals surface area contributed by atoms with E-state index >= 15 is 0 Å². The first-order valence-corrected chi connectivity index (χ1v) is 15.1. The minimum absolute atomic E-state index is 0.114. The van der Waals surface area contributed by atoms with E-state index in [1.54, 1.807) is 26.8 Å². The number of rotatable bonds is 11. The predicted octanol–water partition coefficient (Wildman–Crippen LogP) is 2.81. The molecule has 0 radical (unpaired) electrons. The molecule has 2 aromatic rings. The fourth-order valence-corrected chi connectivity index (χ4v) is 6.98. The number of esters is 1. The zero-order chi connectivity index (χ0) is 33.6. The lowest BCUT2D eigenvalue weighted by Crippen LogP contribution is -2.31. The monoisotopic (exact) mass is 630 g/mol. The summed E-state index contributed by atoms with van der Waals surface area (Å²) < 4.78 is 5.10. The number of aromatic nitrogens is 2. The number of H-pyrrole nitrogens is 2. The fraction of sp³-hybridized carbons (Fsp3) is 0.382. The van der Waals surface area contributed by atoms with E-state index in [9.17, 15) is 34.2 Å².